The third kappa shape index (κ3) is 5.42. The van der Waals surface area contributed by atoms with E-state index in [-0.39, 0.29) is 24.5 Å². The standard InChI is InChI=1S/C29H38ClN3O6/c1-17-22(30)8-10-26(31-17)32-12-20(13-32)38-24-11-19(7-9-23(24)36-6)21-14-33(16-29(21,5)18(2)34)27(35)25-15-37-28(3,4)39-25/h7-11,18,20-21,25,34H,12-16H2,1-6H3/t18-,21+,25?,29+/m1/s1. The van der Waals surface area contributed by atoms with Crippen molar-refractivity contribution in [2.45, 2.75) is 64.6 Å². The van der Waals surface area contributed by atoms with Crippen molar-refractivity contribution in [2.24, 2.45) is 5.41 Å². The molecule has 3 saturated heterocycles. The fourth-order valence-corrected chi connectivity index (χ4v) is 5.80. The molecule has 1 aromatic carbocycles. The van der Waals surface area contributed by atoms with E-state index in [9.17, 15) is 9.90 Å². The summed E-state index contributed by atoms with van der Waals surface area (Å²) in [4.78, 5) is 21.9. The highest BCUT2D eigenvalue weighted by Gasteiger charge is 2.50. The van der Waals surface area contributed by atoms with Crippen LogP contribution in [0, 0.1) is 12.3 Å². The molecule has 0 spiro atoms. The summed E-state index contributed by atoms with van der Waals surface area (Å²) in [5.74, 6) is 1.16. The number of amides is 1. The second-order valence-corrected chi connectivity index (χ2v) is 12.0. The lowest BCUT2D eigenvalue weighted by atomic mass is 9.72. The van der Waals surface area contributed by atoms with E-state index >= 15 is 0 Å². The molecule has 39 heavy (non-hydrogen) atoms. The zero-order valence-electron chi connectivity index (χ0n) is 23.4. The second kappa shape index (κ2) is 10.4. The molecule has 5 rings (SSSR count). The van der Waals surface area contributed by atoms with Gasteiger partial charge in [-0.15, -0.1) is 0 Å². The van der Waals surface area contributed by atoms with Gasteiger partial charge in [-0.25, -0.2) is 4.98 Å². The van der Waals surface area contributed by atoms with Crippen LogP contribution in [-0.2, 0) is 14.3 Å². The first-order valence-electron chi connectivity index (χ1n) is 13.4. The van der Waals surface area contributed by atoms with Crippen LogP contribution in [0.3, 0.4) is 0 Å². The smallest absolute Gasteiger partial charge is 0.254 e. The molecule has 212 valence electrons. The minimum absolute atomic E-state index is 0.0281. The molecule has 9 nitrogen and oxygen atoms in total. The van der Waals surface area contributed by atoms with Crippen molar-refractivity contribution in [1.29, 1.82) is 0 Å². The van der Waals surface area contributed by atoms with E-state index in [1.54, 1.807) is 32.8 Å². The number of aliphatic hydroxyl groups excluding tert-OH is 1. The maximum atomic E-state index is 13.3. The Kier molecular flexibility index (Phi) is 7.47. The van der Waals surface area contributed by atoms with E-state index in [1.165, 1.54) is 0 Å². The second-order valence-electron chi connectivity index (χ2n) is 11.6. The molecule has 0 bridgehead atoms. The Morgan fingerprint density at radius 2 is 1.92 bits per heavy atom. The molecule has 2 aromatic rings. The van der Waals surface area contributed by atoms with Crippen LogP contribution in [-0.4, -0.2) is 84.9 Å². The third-order valence-electron chi connectivity index (χ3n) is 8.34. The number of carbonyl (C=O) groups is 1. The van der Waals surface area contributed by atoms with Crippen molar-refractivity contribution in [3.63, 3.8) is 0 Å². The highest BCUT2D eigenvalue weighted by atomic mass is 35.5. The number of nitrogens with zero attached hydrogens (tertiary/aromatic N) is 3. The number of hydrogen-bond acceptors (Lipinski definition) is 8. The number of hydrogen-bond donors (Lipinski definition) is 1. The number of anilines is 1. The van der Waals surface area contributed by atoms with Crippen molar-refractivity contribution in [3.05, 3.63) is 46.6 Å². The number of aromatic nitrogens is 1. The minimum atomic E-state index is -0.783. The Hall–Kier alpha value is -2.59. The molecule has 10 heteroatoms. The van der Waals surface area contributed by atoms with Gasteiger partial charge in [-0.2, -0.15) is 0 Å². The summed E-state index contributed by atoms with van der Waals surface area (Å²) in [5.41, 5.74) is 1.23. The fraction of sp³-hybridized carbons (Fsp3) is 0.586. The van der Waals surface area contributed by atoms with Gasteiger partial charge in [0.25, 0.3) is 5.91 Å². The average molecular weight is 560 g/mol. The number of rotatable bonds is 7. The molecule has 0 radical (unpaired) electrons. The minimum Gasteiger partial charge on any atom is -0.493 e. The molecule has 4 heterocycles. The van der Waals surface area contributed by atoms with Gasteiger partial charge in [-0.05, 0) is 57.5 Å². The molecular weight excluding hydrogens is 522 g/mol. The van der Waals surface area contributed by atoms with E-state index in [0.717, 1.165) is 17.1 Å². The van der Waals surface area contributed by atoms with Crippen LogP contribution in [0.2, 0.25) is 5.02 Å². The SMILES string of the molecule is COc1ccc([C@@H]2CN(C(=O)C3COC(C)(C)O3)C[C@@]2(C)[C@@H](C)O)cc1OC1CN(c2ccc(Cl)c(C)n2)C1. The first-order valence-corrected chi connectivity index (χ1v) is 13.8. The first-order chi connectivity index (χ1) is 18.4. The molecule has 1 amide bonds. The summed E-state index contributed by atoms with van der Waals surface area (Å²) in [6.07, 6.45) is -1.31. The Morgan fingerprint density at radius 3 is 2.54 bits per heavy atom. The van der Waals surface area contributed by atoms with Gasteiger partial charge in [-0.1, -0.05) is 24.6 Å². The van der Waals surface area contributed by atoms with Gasteiger partial charge in [0, 0.05) is 24.4 Å². The van der Waals surface area contributed by atoms with Gasteiger partial charge in [0.1, 0.15) is 11.9 Å². The lowest BCUT2D eigenvalue weighted by molar-refractivity contribution is -0.159. The summed E-state index contributed by atoms with van der Waals surface area (Å²) in [7, 11) is 1.62. The summed E-state index contributed by atoms with van der Waals surface area (Å²) in [6.45, 7) is 11.8. The predicted molar refractivity (Wildman–Crippen MR) is 148 cm³/mol. The van der Waals surface area contributed by atoms with Crippen LogP contribution < -0.4 is 14.4 Å². The summed E-state index contributed by atoms with van der Waals surface area (Å²) >= 11 is 6.13. The Labute approximate surface area is 234 Å². The summed E-state index contributed by atoms with van der Waals surface area (Å²) < 4.78 is 23.4. The van der Waals surface area contributed by atoms with E-state index < -0.39 is 23.4 Å². The highest BCUT2D eigenvalue weighted by Crippen LogP contribution is 2.47. The largest absolute Gasteiger partial charge is 0.493 e. The van der Waals surface area contributed by atoms with Crippen molar-refractivity contribution < 1.29 is 28.8 Å². The summed E-state index contributed by atoms with van der Waals surface area (Å²) in [5, 5.41) is 11.5. The molecule has 3 aliphatic heterocycles. The van der Waals surface area contributed by atoms with Crippen LogP contribution in [0.1, 0.15) is 44.9 Å². The Bertz CT molecular complexity index is 1230. The molecule has 1 aromatic heterocycles. The van der Waals surface area contributed by atoms with Gasteiger partial charge in [0.15, 0.2) is 23.4 Å². The highest BCUT2D eigenvalue weighted by molar-refractivity contribution is 6.31. The molecule has 3 aliphatic rings. The number of likely N-dealkylation sites (tertiary alicyclic amines) is 1. The number of carbonyl (C=O) groups excluding carboxylic acids is 1. The Balaban J connectivity index is 1.32. The van der Waals surface area contributed by atoms with Crippen LogP contribution in [0.4, 0.5) is 5.82 Å². The number of methoxy groups -OCH3 is 1. The molecule has 1 N–H and O–H groups in total. The van der Waals surface area contributed by atoms with Crippen molar-refractivity contribution >= 4 is 23.3 Å². The van der Waals surface area contributed by atoms with Crippen molar-refractivity contribution in [3.8, 4) is 11.5 Å². The zero-order chi connectivity index (χ0) is 28.1. The van der Waals surface area contributed by atoms with E-state index in [2.05, 4.69) is 9.88 Å². The van der Waals surface area contributed by atoms with Crippen molar-refractivity contribution in [2.75, 3.05) is 44.8 Å². The quantitative estimate of drug-likeness (QED) is 0.548. The van der Waals surface area contributed by atoms with Crippen LogP contribution in [0.25, 0.3) is 0 Å². The molecular formula is C29H38ClN3O6. The predicted octanol–water partition coefficient (Wildman–Crippen LogP) is 3.78. The lowest BCUT2D eigenvalue weighted by Gasteiger charge is -2.40. The number of halogens is 1. The zero-order valence-corrected chi connectivity index (χ0v) is 24.2. The monoisotopic (exact) mass is 559 g/mol. The number of aryl methyl sites for hydroxylation is 1. The molecule has 1 unspecified atom stereocenters. The Morgan fingerprint density at radius 1 is 1.18 bits per heavy atom. The number of pyridine rings is 1. The number of ether oxygens (including phenoxy) is 4. The molecule has 0 aliphatic carbocycles. The molecule has 3 fully saturated rings. The van der Waals surface area contributed by atoms with E-state index in [0.29, 0.717) is 42.7 Å². The van der Waals surface area contributed by atoms with Gasteiger partial charge in [0.05, 0.1) is 43.6 Å². The van der Waals surface area contributed by atoms with Gasteiger partial charge >= 0.3 is 0 Å². The van der Waals surface area contributed by atoms with Gasteiger partial charge in [-0.3, -0.25) is 4.79 Å². The van der Waals surface area contributed by atoms with Crippen LogP contribution in [0.15, 0.2) is 30.3 Å². The van der Waals surface area contributed by atoms with E-state index in [1.807, 2.05) is 44.2 Å². The third-order valence-corrected chi connectivity index (χ3v) is 8.74. The maximum Gasteiger partial charge on any atom is 0.254 e. The normalized spacial score (nSPS) is 27.4. The number of benzene rings is 1. The lowest BCUT2D eigenvalue weighted by Crippen LogP contribution is -2.54. The van der Waals surface area contributed by atoms with Crippen LogP contribution >= 0.6 is 11.6 Å². The topological polar surface area (TPSA) is 93.6 Å². The van der Waals surface area contributed by atoms with Gasteiger partial charge in [0.2, 0.25) is 0 Å². The first kappa shape index (κ1) is 28.0. The molecule has 4 atom stereocenters. The van der Waals surface area contributed by atoms with E-state index in [4.69, 9.17) is 30.5 Å². The van der Waals surface area contributed by atoms with Gasteiger partial charge < -0.3 is 33.9 Å². The average Bonchev–Trinajstić information content (AvgIpc) is 3.42. The summed E-state index contributed by atoms with van der Waals surface area (Å²) in [6, 6.07) is 9.66. The van der Waals surface area contributed by atoms with Crippen LogP contribution in [0.5, 0.6) is 11.5 Å². The maximum absolute atomic E-state index is 13.3. The fourth-order valence-electron chi connectivity index (χ4n) is 5.69. The number of aliphatic hydroxyl groups is 1. The molecule has 0 saturated carbocycles. The van der Waals surface area contributed by atoms with Crippen molar-refractivity contribution in [1.82, 2.24) is 9.88 Å².